The first-order valence-electron chi connectivity index (χ1n) is 17.9. The first kappa shape index (κ1) is 43.3. The lowest BCUT2D eigenvalue weighted by Crippen LogP contribution is -2.37. The molecule has 2 atom stereocenters. The maximum Gasteiger partial charge on any atom is 0.407 e. The van der Waals surface area contributed by atoms with Gasteiger partial charge in [0.2, 0.25) is 0 Å². The zero-order chi connectivity index (χ0) is 32.4. The summed E-state index contributed by atoms with van der Waals surface area (Å²) >= 11 is 0. The van der Waals surface area contributed by atoms with E-state index < -0.39 is 18.5 Å². The van der Waals surface area contributed by atoms with Gasteiger partial charge in [0.15, 0.2) is 12.5 Å². The van der Waals surface area contributed by atoms with Crippen LogP contribution in [0.2, 0.25) is 0 Å². The second-order valence-corrected chi connectivity index (χ2v) is 11.9. The van der Waals surface area contributed by atoms with Crippen molar-refractivity contribution in [2.24, 2.45) is 5.73 Å². The van der Waals surface area contributed by atoms with Crippen LogP contribution in [0, 0.1) is 0 Å². The highest BCUT2D eigenvalue weighted by Crippen LogP contribution is 2.13. The van der Waals surface area contributed by atoms with Gasteiger partial charge in [-0.3, -0.25) is 20.6 Å². The maximum absolute atomic E-state index is 11.8. The van der Waals surface area contributed by atoms with Crippen LogP contribution in [0.4, 0.5) is 4.79 Å². The molecule has 0 saturated heterocycles. The van der Waals surface area contributed by atoms with Crippen molar-refractivity contribution in [2.75, 3.05) is 0 Å². The predicted molar refractivity (Wildman–Crippen MR) is 178 cm³/mol. The van der Waals surface area contributed by atoms with E-state index in [0.717, 1.165) is 64.2 Å². The summed E-state index contributed by atoms with van der Waals surface area (Å²) in [6, 6.07) is 0. The van der Waals surface area contributed by atoms with Crippen molar-refractivity contribution >= 4 is 18.0 Å². The molecule has 0 rings (SSSR count). The van der Waals surface area contributed by atoms with Gasteiger partial charge in [0, 0.05) is 19.3 Å². The van der Waals surface area contributed by atoms with E-state index in [1.54, 1.807) is 0 Å². The number of esters is 2. The number of hydrogen-bond acceptors (Lipinski definition) is 6. The summed E-state index contributed by atoms with van der Waals surface area (Å²) in [7, 11) is 0. The lowest BCUT2D eigenvalue weighted by atomic mass is 10.1. The fourth-order valence-electron chi connectivity index (χ4n) is 4.76. The predicted octanol–water partition coefficient (Wildman–Crippen LogP) is 10.2. The van der Waals surface area contributed by atoms with Crippen LogP contribution in [0.5, 0.6) is 0 Å². The molecule has 4 N–H and O–H groups in total. The summed E-state index contributed by atoms with van der Waals surface area (Å²) in [5, 5.41) is 11.0. The van der Waals surface area contributed by atoms with Crippen molar-refractivity contribution in [2.45, 2.75) is 207 Å². The molecule has 0 aliphatic carbocycles. The summed E-state index contributed by atoms with van der Waals surface area (Å²) < 4.78 is 10.4. The number of nitrogens with one attached hydrogen (secondary N) is 1. The molecular formula is C35H70N2O6. The van der Waals surface area contributed by atoms with Gasteiger partial charge in [-0.2, -0.15) is 0 Å². The fourth-order valence-corrected chi connectivity index (χ4v) is 4.76. The van der Waals surface area contributed by atoms with Crippen molar-refractivity contribution < 1.29 is 29.0 Å². The number of amides is 1. The minimum absolute atomic E-state index is 0.128. The van der Waals surface area contributed by atoms with Gasteiger partial charge >= 0.3 is 18.0 Å². The SMILES string of the molecule is CCCCCCCCCCCC(=O)OC(CCCC)NC(=O)O.CCCCCCCCCCCC(=O)OC(N)CCCC. The zero-order valence-electron chi connectivity index (χ0n) is 28.6. The van der Waals surface area contributed by atoms with Gasteiger partial charge in [-0.15, -0.1) is 0 Å². The normalized spacial score (nSPS) is 12.1. The third kappa shape index (κ3) is 36.3. The number of unbranched alkanes of at least 4 members (excludes halogenated alkanes) is 18. The third-order valence-corrected chi connectivity index (χ3v) is 7.47. The minimum atomic E-state index is -1.15. The van der Waals surface area contributed by atoms with Gasteiger partial charge in [0.1, 0.15) is 0 Å². The Kier molecular flexibility index (Phi) is 34.9. The van der Waals surface area contributed by atoms with Crippen LogP contribution >= 0.6 is 0 Å². The van der Waals surface area contributed by atoms with Crippen LogP contribution in [0.25, 0.3) is 0 Å². The molecule has 1 amide bonds. The summed E-state index contributed by atoms with van der Waals surface area (Å²) in [5.41, 5.74) is 5.73. The zero-order valence-corrected chi connectivity index (χ0v) is 28.6. The molecule has 8 heteroatoms. The molecule has 8 nitrogen and oxygen atoms in total. The summed E-state index contributed by atoms with van der Waals surface area (Å²) in [5.74, 6) is -0.431. The highest BCUT2D eigenvalue weighted by molar-refractivity contribution is 5.70. The van der Waals surface area contributed by atoms with E-state index in [-0.39, 0.29) is 11.9 Å². The van der Waals surface area contributed by atoms with E-state index in [1.165, 1.54) is 83.5 Å². The van der Waals surface area contributed by atoms with E-state index in [0.29, 0.717) is 19.3 Å². The molecule has 0 aliphatic heterocycles. The number of carbonyl (C=O) groups excluding carboxylic acids is 2. The van der Waals surface area contributed by atoms with E-state index in [2.05, 4.69) is 26.1 Å². The minimum Gasteiger partial charge on any atom is -0.465 e. The monoisotopic (exact) mass is 615 g/mol. The Morgan fingerprint density at radius 3 is 1.28 bits per heavy atom. The number of carboxylic acid groups (broad SMARTS) is 1. The molecule has 0 heterocycles. The number of carbonyl (C=O) groups is 3. The lowest BCUT2D eigenvalue weighted by Gasteiger charge is -2.17. The van der Waals surface area contributed by atoms with Crippen LogP contribution in [0.15, 0.2) is 0 Å². The summed E-state index contributed by atoms with van der Waals surface area (Å²) in [6.45, 7) is 8.59. The highest BCUT2D eigenvalue weighted by Gasteiger charge is 2.15. The van der Waals surface area contributed by atoms with Crippen molar-refractivity contribution in [3.63, 3.8) is 0 Å². The first-order chi connectivity index (χ1) is 20.8. The largest absolute Gasteiger partial charge is 0.465 e. The molecule has 0 aliphatic rings. The van der Waals surface area contributed by atoms with Crippen LogP contribution < -0.4 is 11.1 Å². The Morgan fingerprint density at radius 1 is 0.535 bits per heavy atom. The fraction of sp³-hybridized carbons (Fsp3) is 0.914. The molecule has 0 fully saturated rings. The molecule has 0 spiro atoms. The van der Waals surface area contributed by atoms with Gasteiger partial charge in [-0.05, 0) is 32.1 Å². The van der Waals surface area contributed by atoms with E-state index in [4.69, 9.17) is 20.3 Å². The van der Waals surface area contributed by atoms with Crippen LogP contribution in [0.1, 0.15) is 195 Å². The number of hydrogen-bond donors (Lipinski definition) is 3. The van der Waals surface area contributed by atoms with Crippen molar-refractivity contribution in [1.82, 2.24) is 5.32 Å². The molecular weight excluding hydrogens is 544 g/mol. The second-order valence-electron chi connectivity index (χ2n) is 11.9. The smallest absolute Gasteiger partial charge is 0.407 e. The molecule has 256 valence electrons. The van der Waals surface area contributed by atoms with E-state index in [1.807, 2.05) is 6.92 Å². The van der Waals surface area contributed by atoms with Gasteiger partial charge < -0.3 is 14.6 Å². The van der Waals surface area contributed by atoms with Crippen molar-refractivity contribution in [1.29, 1.82) is 0 Å². The summed E-state index contributed by atoms with van der Waals surface area (Å²) in [6.07, 6.45) is 26.0. The van der Waals surface area contributed by atoms with Gasteiger partial charge in [0.25, 0.3) is 0 Å². The Hall–Kier alpha value is -1.83. The number of ether oxygens (including phenoxy) is 2. The standard InChI is InChI=1S/C18H35NO4.C17H35NO2/c1-3-5-7-8-9-10-11-12-13-15-17(20)23-16(14-6-4-2)19-18(21)22;1-3-5-7-8-9-10-11-12-13-15-17(19)20-16(18)14-6-4-2/h16,19H,3-15H2,1-2H3,(H,21,22);16H,3-15,18H2,1-2H3. The first-order valence-corrected chi connectivity index (χ1v) is 17.9. The average molecular weight is 615 g/mol. The second kappa shape index (κ2) is 34.7. The Morgan fingerprint density at radius 2 is 0.884 bits per heavy atom. The Bertz CT molecular complexity index is 631. The highest BCUT2D eigenvalue weighted by atomic mass is 16.6. The topological polar surface area (TPSA) is 128 Å². The van der Waals surface area contributed by atoms with Crippen LogP contribution in [-0.2, 0) is 19.1 Å². The van der Waals surface area contributed by atoms with Crippen LogP contribution in [0.3, 0.4) is 0 Å². The van der Waals surface area contributed by atoms with Crippen molar-refractivity contribution in [3.8, 4) is 0 Å². The van der Waals surface area contributed by atoms with Crippen LogP contribution in [-0.4, -0.2) is 35.6 Å². The molecule has 2 unspecified atom stereocenters. The van der Waals surface area contributed by atoms with Gasteiger partial charge in [-0.25, -0.2) is 4.79 Å². The molecule has 0 aromatic carbocycles. The van der Waals surface area contributed by atoms with Gasteiger partial charge in [0.05, 0.1) is 0 Å². The van der Waals surface area contributed by atoms with E-state index in [9.17, 15) is 14.4 Å². The quantitative estimate of drug-likeness (QED) is 0.0434. The lowest BCUT2D eigenvalue weighted by molar-refractivity contribution is -0.151. The molecule has 0 aromatic heterocycles. The summed E-state index contributed by atoms with van der Waals surface area (Å²) in [4.78, 5) is 34.0. The van der Waals surface area contributed by atoms with E-state index >= 15 is 0 Å². The third-order valence-electron chi connectivity index (χ3n) is 7.47. The number of nitrogens with two attached hydrogens (primary N) is 1. The molecule has 43 heavy (non-hydrogen) atoms. The van der Waals surface area contributed by atoms with Gasteiger partial charge in [-0.1, -0.05) is 143 Å². The maximum atomic E-state index is 11.8. The Labute approximate surface area is 265 Å². The average Bonchev–Trinajstić information content (AvgIpc) is 2.97. The molecule has 0 aromatic rings. The molecule has 0 saturated carbocycles. The number of rotatable bonds is 29. The van der Waals surface area contributed by atoms with Crippen molar-refractivity contribution in [3.05, 3.63) is 0 Å². The Balaban J connectivity index is 0. The molecule has 0 radical (unpaired) electrons. The molecule has 0 bridgehead atoms.